The van der Waals surface area contributed by atoms with Crippen molar-refractivity contribution >= 4 is 13.7 Å². The van der Waals surface area contributed by atoms with Crippen LogP contribution in [0.3, 0.4) is 0 Å². The molecule has 0 spiro atoms. The van der Waals surface area contributed by atoms with E-state index in [2.05, 4.69) is 31.3 Å². The van der Waals surface area contributed by atoms with E-state index in [1.807, 2.05) is 6.08 Å². The molecule has 6 N–H and O–H groups in total. The summed E-state index contributed by atoms with van der Waals surface area (Å²) in [4.78, 5) is 22.5. The molecule has 0 bridgehead atoms. The highest BCUT2D eigenvalue weighted by Gasteiger charge is 2.27. The Bertz CT molecular complexity index is 766. The summed E-state index contributed by atoms with van der Waals surface area (Å²) >= 11 is 0. The van der Waals surface area contributed by atoms with Crippen LogP contribution in [0.1, 0.15) is 149 Å². The van der Waals surface area contributed by atoms with Gasteiger partial charge in [-0.1, -0.05) is 122 Å². The van der Waals surface area contributed by atoms with Gasteiger partial charge in [0.1, 0.15) is 0 Å². The highest BCUT2D eigenvalue weighted by Crippen LogP contribution is 2.43. The van der Waals surface area contributed by atoms with Crippen molar-refractivity contribution < 1.29 is 33.5 Å². The van der Waals surface area contributed by atoms with Gasteiger partial charge < -0.3 is 26.2 Å². The molecule has 0 aromatic rings. The molecule has 0 aromatic heterocycles. The number of aliphatic hydroxyl groups excluding tert-OH is 2. The van der Waals surface area contributed by atoms with E-state index in [9.17, 15) is 24.5 Å². The van der Waals surface area contributed by atoms with Crippen LogP contribution in [0.25, 0.3) is 0 Å². The molecule has 0 saturated carbocycles. The minimum atomic E-state index is -4.39. The smallest absolute Gasteiger partial charge is 0.393 e. The summed E-state index contributed by atoms with van der Waals surface area (Å²) in [5, 5.41) is 23.8. The van der Waals surface area contributed by atoms with E-state index in [1.54, 1.807) is 6.08 Å². The summed E-state index contributed by atoms with van der Waals surface area (Å²) in [6.07, 6.45) is 28.4. The lowest BCUT2D eigenvalue weighted by atomic mass is 10.0. The van der Waals surface area contributed by atoms with Crippen LogP contribution < -0.4 is 11.1 Å². The van der Waals surface area contributed by atoms with Crippen molar-refractivity contribution in [3.05, 3.63) is 24.3 Å². The van der Waals surface area contributed by atoms with Gasteiger partial charge in [-0.2, -0.15) is 0 Å². The van der Waals surface area contributed by atoms with Crippen molar-refractivity contribution in [1.29, 1.82) is 0 Å². The third kappa shape index (κ3) is 28.4. The van der Waals surface area contributed by atoms with Crippen molar-refractivity contribution in [1.82, 2.24) is 5.32 Å². The second-order valence-electron chi connectivity index (χ2n) is 11.9. The topological polar surface area (TPSA) is 151 Å². The summed E-state index contributed by atoms with van der Waals surface area (Å²) in [5.74, 6) is -0.459. The Morgan fingerprint density at radius 3 is 1.86 bits per heavy atom. The van der Waals surface area contributed by atoms with Crippen molar-refractivity contribution in [2.75, 3.05) is 19.8 Å². The van der Waals surface area contributed by atoms with Crippen LogP contribution in [-0.2, 0) is 18.4 Å². The minimum Gasteiger partial charge on any atom is -0.393 e. The monoisotopic (exact) mass is 646 g/mol. The number of amides is 1. The first-order valence-electron chi connectivity index (χ1n) is 17.5. The van der Waals surface area contributed by atoms with Crippen LogP contribution in [0.2, 0.25) is 0 Å². The van der Waals surface area contributed by atoms with Crippen molar-refractivity contribution in [3.8, 4) is 0 Å². The molecule has 0 saturated heterocycles. The van der Waals surface area contributed by atoms with Gasteiger partial charge in [0.2, 0.25) is 5.91 Å². The molecule has 44 heavy (non-hydrogen) atoms. The number of nitrogens with two attached hydrogens (primary N) is 1. The van der Waals surface area contributed by atoms with Gasteiger partial charge >= 0.3 is 7.82 Å². The standard InChI is InChI=1S/C34H67N2O7P/c1-3-5-7-9-11-13-15-16-18-20-22-24-26-33(38)32(30-43-44(40,41)42-28-27-35)36-34(39)29-31(37)25-23-21-19-17-14-12-10-8-6-4-2/h12,14,24,26,31-33,37-38H,3-11,13,15-23,25,27-30,35H2,1-2H3,(H,36,39)(H,40,41)/b14-12-,26-24+. The van der Waals surface area contributed by atoms with Gasteiger partial charge in [0.15, 0.2) is 0 Å². The number of carbonyl (C=O) groups excluding carboxylic acids is 1. The van der Waals surface area contributed by atoms with Gasteiger partial charge in [-0.25, -0.2) is 4.57 Å². The molecule has 4 unspecified atom stereocenters. The van der Waals surface area contributed by atoms with Crippen LogP contribution in [0.4, 0.5) is 0 Å². The molecule has 0 aromatic carbocycles. The van der Waals surface area contributed by atoms with E-state index in [-0.39, 0.29) is 19.6 Å². The van der Waals surface area contributed by atoms with Crippen LogP contribution in [0.5, 0.6) is 0 Å². The van der Waals surface area contributed by atoms with Crippen LogP contribution in [0, 0.1) is 0 Å². The SMILES string of the molecule is CCCCC/C=C\CCCCCC(O)CC(=O)NC(COP(=O)(O)OCCN)C(O)/C=C/CCCCCCCCCCCC. The molecule has 0 heterocycles. The highest BCUT2D eigenvalue weighted by atomic mass is 31.2. The molecule has 9 nitrogen and oxygen atoms in total. The quantitative estimate of drug-likeness (QED) is 0.0284. The van der Waals surface area contributed by atoms with Gasteiger partial charge in [0.05, 0.1) is 37.9 Å². The maximum atomic E-state index is 12.7. The van der Waals surface area contributed by atoms with E-state index in [0.29, 0.717) is 6.42 Å². The zero-order chi connectivity index (χ0) is 32.7. The number of phosphoric ester groups is 1. The molecular weight excluding hydrogens is 579 g/mol. The Hall–Kier alpha value is -1.06. The maximum Gasteiger partial charge on any atom is 0.472 e. The summed E-state index contributed by atoms with van der Waals surface area (Å²) in [6, 6.07) is -0.982. The molecular formula is C34H67N2O7P. The Morgan fingerprint density at radius 2 is 1.27 bits per heavy atom. The average molecular weight is 647 g/mol. The predicted octanol–water partition coefficient (Wildman–Crippen LogP) is 7.63. The van der Waals surface area contributed by atoms with E-state index >= 15 is 0 Å². The second-order valence-corrected chi connectivity index (χ2v) is 13.4. The number of rotatable bonds is 32. The first-order chi connectivity index (χ1) is 21.3. The fourth-order valence-electron chi connectivity index (χ4n) is 4.87. The number of phosphoric acid groups is 1. The Kier molecular flexibility index (Phi) is 29.8. The lowest BCUT2D eigenvalue weighted by molar-refractivity contribution is -0.124. The van der Waals surface area contributed by atoms with E-state index < -0.39 is 38.6 Å². The molecule has 260 valence electrons. The maximum absolute atomic E-state index is 12.7. The largest absolute Gasteiger partial charge is 0.472 e. The second kappa shape index (κ2) is 30.6. The number of nitrogens with one attached hydrogen (secondary N) is 1. The molecule has 0 rings (SSSR count). The normalized spacial score (nSPS) is 15.5. The number of hydrogen-bond acceptors (Lipinski definition) is 7. The number of carbonyl (C=O) groups is 1. The Labute approximate surface area is 269 Å². The van der Waals surface area contributed by atoms with Gasteiger partial charge in [-0.15, -0.1) is 0 Å². The van der Waals surface area contributed by atoms with Gasteiger partial charge in [0.25, 0.3) is 0 Å². The zero-order valence-electron chi connectivity index (χ0n) is 28.0. The van der Waals surface area contributed by atoms with Gasteiger partial charge in [-0.3, -0.25) is 13.8 Å². The molecule has 0 fully saturated rings. The van der Waals surface area contributed by atoms with Crippen LogP contribution in [-0.4, -0.2) is 59.0 Å². The van der Waals surface area contributed by atoms with E-state index in [4.69, 9.17) is 14.8 Å². The molecule has 0 aliphatic carbocycles. The Balaban J connectivity index is 4.54. The Morgan fingerprint density at radius 1 is 0.773 bits per heavy atom. The third-order valence-corrected chi connectivity index (χ3v) is 8.56. The predicted molar refractivity (Wildman–Crippen MR) is 181 cm³/mol. The van der Waals surface area contributed by atoms with Crippen LogP contribution in [0.15, 0.2) is 24.3 Å². The molecule has 10 heteroatoms. The van der Waals surface area contributed by atoms with E-state index in [1.165, 1.54) is 70.6 Å². The number of allylic oxidation sites excluding steroid dienone is 3. The first-order valence-corrected chi connectivity index (χ1v) is 19.0. The molecule has 0 aliphatic heterocycles. The van der Waals surface area contributed by atoms with E-state index in [0.717, 1.165) is 51.4 Å². The van der Waals surface area contributed by atoms with Crippen molar-refractivity contribution in [2.24, 2.45) is 5.73 Å². The van der Waals surface area contributed by atoms with Crippen molar-refractivity contribution in [2.45, 2.75) is 167 Å². The molecule has 0 aliphatic rings. The highest BCUT2D eigenvalue weighted by molar-refractivity contribution is 7.47. The average Bonchev–Trinajstić information content (AvgIpc) is 2.99. The lowest BCUT2D eigenvalue weighted by Crippen LogP contribution is -2.46. The zero-order valence-corrected chi connectivity index (χ0v) is 28.9. The third-order valence-electron chi connectivity index (χ3n) is 7.58. The fourth-order valence-corrected chi connectivity index (χ4v) is 5.63. The summed E-state index contributed by atoms with van der Waals surface area (Å²) < 4.78 is 21.9. The summed E-state index contributed by atoms with van der Waals surface area (Å²) in [7, 11) is -4.39. The number of hydrogen-bond donors (Lipinski definition) is 5. The van der Waals surface area contributed by atoms with Gasteiger partial charge in [0, 0.05) is 6.54 Å². The minimum absolute atomic E-state index is 0.0477. The molecule has 0 radical (unpaired) electrons. The summed E-state index contributed by atoms with van der Waals surface area (Å²) in [6.45, 7) is 3.89. The lowest BCUT2D eigenvalue weighted by Gasteiger charge is -2.24. The number of aliphatic hydroxyl groups is 2. The fraction of sp³-hybridized carbons (Fsp3) is 0.853. The first kappa shape index (κ1) is 42.9. The van der Waals surface area contributed by atoms with Crippen molar-refractivity contribution in [3.63, 3.8) is 0 Å². The van der Waals surface area contributed by atoms with Gasteiger partial charge in [-0.05, 0) is 44.9 Å². The number of unbranched alkanes of at least 4 members (excludes halogenated alkanes) is 16. The summed E-state index contributed by atoms with van der Waals surface area (Å²) in [5.41, 5.74) is 5.33. The molecule has 1 amide bonds. The van der Waals surface area contributed by atoms with Crippen LogP contribution >= 0.6 is 7.82 Å². The molecule has 4 atom stereocenters.